The van der Waals surface area contributed by atoms with Crippen molar-refractivity contribution in [3.63, 3.8) is 0 Å². The molecule has 0 heterocycles. The van der Waals surface area contributed by atoms with Gasteiger partial charge in [-0.15, -0.1) is 0 Å². The zero-order chi connectivity index (χ0) is 11.5. The van der Waals surface area contributed by atoms with Crippen molar-refractivity contribution in [1.29, 1.82) is 0 Å². The Balaban J connectivity index is 2.54. The Bertz CT molecular complexity index is 229. The lowest BCUT2D eigenvalue weighted by Gasteiger charge is -2.39. The number of methoxy groups -OCH3 is 1. The van der Waals surface area contributed by atoms with Gasteiger partial charge in [-0.25, -0.2) is 0 Å². The van der Waals surface area contributed by atoms with Gasteiger partial charge in [-0.2, -0.15) is 0 Å². The Morgan fingerprint density at radius 1 is 1.60 bits per heavy atom. The third kappa shape index (κ3) is 2.69. The third-order valence-electron chi connectivity index (χ3n) is 3.45. The number of nitrogens with one attached hydrogen (secondary N) is 1. The minimum atomic E-state index is -0.598. The van der Waals surface area contributed by atoms with E-state index in [-0.39, 0.29) is 5.97 Å². The monoisotopic (exact) mass is 214 g/mol. The first-order valence-corrected chi connectivity index (χ1v) is 5.51. The van der Waals surface area contributed by atoms with Gasteiger partial charge in [0.05, 0.1) is 7.11 Å². The first-order valence-electron chi connectivity index (χ1n) is 5.51. The van der Waals surface area contributed by atoms with Crippen molar-refractivity contribution >= 4 is 5.97 Å². The van der Waals surface area contributed by atoms with Gasteiger partial charge in [0.15, 0.2) is 0 Å². The van der Waals surface area contributed by atoms with Gasteiger partial charge in [-0.3, -0.25) is 4.79 Å². The summed E-state index contributed by atoms with van der Waals surface area (Å²) in [5, 5.41) is 3.05. The molecule has 0 aromatic heterocycles. The highest BCUT2D eigenvalue weighted by Crippen LogP contribution is 2.24. The third-order valence-corrected chi connectivity index (χ3v) is 3.45. The average molecular weight is 214 g/mol. The molecule has 15 heavy (non-hydrogen) atoms. The van der Waals surface area contributed by atoms with E-state index in [2.05, 4.69) is 17.3 Å². The van der Waals surface area contributed by atoms with Crippen LogP contribution in [0.4, 0.5) is 0 Å². The molecule has 1 aliphatic carbocycles. The van der Waals surface area contributed by atoms with Gasteiger partial charge >= 0.3 is 5.97 Å². The molecule has 1 saturated carbocycles. The summed E-state index contributed by atoms with van der Waals surface area (Å²) in [4.78, 5) is 13.9. The van der Waals surface area contributed by atoms with E-state index in [9.17, 15) is 4.79 Å². The number of hydrogen-bond donors (Lipinski definition) is 1. The molecule has 1 atom stereocenters. The zero-order valence-corrected chi connectivity index (χ0v) is 10.2. The first-order chi connectivity index (χ1) is 7.03. The maximum atomic E-state index is 11.6. The van der Waals surface area contributed by atoms with E-state index in [0.29, 0.717) is 12.6 Å². The highest BCUT2D eigenvalue weighted by Gasteiger charge is 2.36. The van der Waals surface area contributed by atoms with E-state index in [1.54, 1.807) is 7.05 Å². The molecule has 0 radical (unpaired) electrons. The standard InChI is InChI=1S/C11H22N2O2/c1-11(12-2,10(14)15-4)8-13(3)9-6-5-7-9/h9,12H,5-8H2,1-4H3. The SMILES string of the molecule is CNC(C)(CN(C)C1CCC1)C(=O)OC. The fourth-order valence-electron chi connectivity index (χ4n) is 1.93. The van der Waals surface area contributed by atoms with Gasteiger partial charge in [-0.05, 0) is 33.9 Å². The minimum Gasteiger partial charge on any atom is -0.468 e. The second-order valence-electron chi connectivity index (χ2n) is 4.57. The molecule has 0 bridgehead atoms. The van der Waals surface area contributed by atoms with Crippen molar-refractivity contribution < 1.29 is 9.53 Å². The molecule has 0 spiro atoms. The first kappa shape index (κ1) is 12.5. The Hall–Kier alpha value is -0.610. The Morgan fingerprint density at radius 2 is 2.20 bits per heavy atom. The fraction of sp³-hybridized carbons (Fsp3) is 0.909. The Morgan fingerprint density at radius 3 is 2.53 bits per heavy atom. The molecule has 0 aromatic rings. The zero-order valence-electron chi connectivity index (χ0n) is 10.2. The predicted molar refractivity (Wildman–Crippen MR) is 59.7 cm³/mol. The molecule has 0 aliphatic heterocycles. The van der Waals surface area contributed by atoms with Crippen LogP contribution in [0.3, 0.4) is 0 Å². The summed E-state index contributed by atoms with van der Waals surface area (Å²) in [5.74, 6) is -0.198. The summed E-state index contributed by atoms with van der Waals surface area (Å²) in [7, 11) is 5.30. The second kappa shape index (κ2) is 4.94. The summed E-state index contributed by atoms with van der Waals surface area (Å²) in [6, 6.07) is 0.641. The lowest BCUT2D eigenvalue weighted by atomic mass is 9.90. The molecular formula is C11H22N2O2. The summed E-state index contributed by atoms with van der Waals surface area (Å²) in [6.45, 7) is 2.58. The van der Waals surface area contributed by atoms with Gasteiger partial charge in [-0.1, -0.05) is 6.42 Å². The minimum absolute atomic E-state index is 0.198. The van der Waals surface area contributed by atoms with Crippen LogP contribution in [0.5, 0.6) is 0 Å². The maximum absolute atomic E-state index is 11.6. The van der Waals surface area contributed by atoms with Gasteiger partial charge in [0.2, 0.25) is 0 Å². The molecule has 1 aliphatic rings. The lowest BCUT2D eigenvalue weighted by Crippen LogP contribution is -2.57. The summed E-state index contributed by atoms with van der Waals surface area (Å²) in [6.07, 6.45) is 3.80. The van der Waals surface area contributed by atoms with Crippen molar-refractivity contribution in [3.05, 3.63) is 0 Å². The molecule has 1 rings (SSSR count). The molecule has 0 aromatic carbocycles. The highest BCUT2D eigenvalue weighted by atomic mass is 16.5. The van der Waals surface area contributed by atoms with Crippen LogP contribution in [0.15, 0.2) is 0 Å². The second-order valence-corrected chi connectivity index (χ2v) is 4.57. The van der Waals surface area contributed by atoms with Crippen LogP contribution in [0, 0.1) is 0 Å². The smallest absolute Gasteiger partial charge is 0.327 e. The molecule has 4 nitrogen and oxygen atoms in total. The van der Waals surface area contributed by atoms with E-state index < -0.39 is 5.54 Å². The molecule has 0 saturated heterocycles. The molecule has 1 N–H and O–H groups in total. The van der Waals surface area contributed by atoms with Crippen LogP contribution < -0.4 is 5.32 Å². The van der Waals surface area contributed by atoms with Crippen molar-refractivity contribution in [2.24, 2.45) is 0 Å². The molecule has 0 amide bonds. The summed E-state index contributed by atoms with van der Waals surface area (Å²) < 4.78 is 4.81. The average Bonchev–Trinajstić information content (AvgIpc) is 2.13. The van der Waals surface area contributed by atoms with Crippen molar-refractivity contribution in [2.75, 3.05) is 27.7 Å². The number of carbonyl (C=O) groups excluding carboxylic acids is 1. The number of carbonyl (C=O) groups is 1. The number of esters is 1. The normalized spacial score (nSPS) is 20.9. The molecule has 1 fully saturated rings. The van der Waals surface area contributed by atoms with Crippen molar-refractivity contribution in [2.45, 2.75) is 37.8 Å². The van der Waals surface area contributed by atoms with Gasteiger partial charge in [0.1, 0.15) is 5.54 Å². The highest BCUT2D eigenvalue weighted by molar-refractivity contribution is 5.80. The topological polar surface area (TPSA) is 41.6 Å². The van der Waals surface area contributed by atoms with Gasteiger partial charge < -0.3 is 15.0 Å². The van der Waals surface area contributed by atoms with Crippen molar-refractivity contribution in [1.82, 2.24) is 10.2 Å². The Labute approximate surface area is 92.0 Å². The van der Waals surface area contributed by atoms with Crippen LogP contribution in [0.25, 0.3) is 0 Å². The van der Waals surface area contributed by atoms with Gasteiger partial charge in [0, 0.05) is 12.6 Å². The molecule has 4 heteroatoms. The van der Waals surface area contributed by atoms with E-state index in [1.807, 2.05) is 6.92 Å². The van der Waals surface area contributed by atoms with Crippen LogP contribution in [-0.4, -0.2) is 50.2 Å². The quantitative estimate of drug-likeness (QED) is 0.681. The number of likely N-dealkylation sites (N-methyl/N-ethyl adjacent to an activating group) is 2. The summed E-state index contributed by atoms with van der Waals surface area (Å²) in [5.41, 5.74) is -0.598. The van der Waals surface area contributed by atoms with E-state index in [0.717, 1.165) is 0 Å². The predicted octanol–water partition coefficient (Wildman–Crippen LogP) is 0.622. The van der Waals surface area contributed by atoms with Crippen LogP contribution in [-0.2, 0) is 9.53 Å². The van der Waals surface area contributed by atoms with Crippen LogP contribution in [0.2, 0.25) is 0 Å². The number of ether oxygens (including phenoxy) is 1. The van der Waals surface area contributed by atoms with Crippen molar-refractivity contribution in [3.8, 4) is 0 Å². The lowest BCUT2D eigenvalue weighted by molar-refractivity contribution is -0.148. The van der Waals surface area contributed by atoms with E-state index in [4.69, 9.17) is 4.74 Å². The number of hydrogen-bond acceptors (Lipinski definition) is 4. The van der Waals surface area contributed by atoms with E-state index in [1.165, 1.54) is 26.4 Å². The van der Waals surface area contributed by atoms with Gasteiger partial charge in [0.25, 0.3) is 0 Å². The molecule has 88 valence electrons. The summed E-state index contributed by atoms with van der Waals surface area (Å²) >= 11 is 0. The largest absolute Gasteiger partial charge is 0.468 e. The van der Waals surface area contributed by atoms with Crippen LogP contribution >= 0.6 is 0 Å². The number of nitrogens with zero attached hydrogens (tertiary/aromatic N) is 1. The van der Waals surface area contributed by atoms with E-state index >= 15 is 0 Å². The Kier molecular flexibility index (Phi) is 4.11. The number of rotatable bonds is 5. The molecule has 1 unspecified atom stereocenters. The maximum Gasteiger partial charge on any atom is 0.327 e. The fourth-order valence-corrected chi connectivity index (χ4v) is 1.93. The van der Waals surface area contributed by atoms with Crippen LogP contribution in [0.1, 0.15) is 26.2 Å². The molecular weight excluding hydrogens is 192 g/mol.